The van der Waals surface area contributed by atoms with E-state index >= 15 is 0 Å². The van der Waals surface area contributed by atoms with Crippen molar-refractivity contribution in [1.82, 2.24) is 9.97 Å². The fourth-order valence-corrected chi connectivity index (χ4v) is 1.59. The molecule has 1 aromatic rings. The first kappa shape index (κ1) is 12.6. The predicted molar refractivity (Wildman–Crippen MR) is 70.7 cm³/mol. The van der Waals surface area contributed by atoms with Crippen LogP contribution in [-0.2, 0) is 0 Å². The van der Waals surface area contributed by atoms with Crippen LogP contribution in [0.25, 0.3) is 0 Å². The molecule has 1 atom stereocenters. The van der Waals surface area contributed by atoms with E-state index in [2.05, 4.69) is 51.7 Å². The molecule has 1 heterocycles. The van der Waals surface area contributed by atoms with E-state index in [1.807, 2.05) is 0 Å². The minimum Gasteiger partial charge on any atom is -0.353 e. The molecule has 0 radical (unpaired) electrons. The maximum Gasteiger partial charge on any atom is 0.222 e. The Kier molecular flexibility index (Phi) is 5.24. The third-order valence-corrected chi connectivity index (χ3v) is 2.47. The zero-order valence-corrected chi connectivity index (χ0v) is 11.2. The average molecular weight is 320 g/mol. The first-order valence-corrected chi connectivity index (χ1v) is 6.13. The highest BCUT2D eigenvalue weighted by Crippen LogP contribution is 2.05. The second-order valence-electron chi connectivity index (χ2n) is 4.00. The van der Waals surface area contributed by atoms with E-state index in [9.17, 15) is 0 Å². The summed E-state index contributed by atoms with van der Waals surface area (Å²) in [5.74, 6) is 1.27. The topological polar surface area (TPSA) is 63.8 Å². The third-order valence-electron chi connectivity index (χ3n) is 1.92. The minimum atomic E-state index is 0.160. The van der Waals surface area contributed by atoms with E-state index in [0.717, 1.165) is 16.5 Å². The van der Waals surface area contributed by atoms with Gasteiger partial charge in [-0.25, -0.2) is 9.97 Å². The van der Waals surface area contributed by atoms with Gasteiger partial charge in [0.25, 0.3) is 0 Å². The molecule has 0 aromatic carbocycles. The Hall–Kier alpha value is -0.430. The molecule has 1 rings (SSSR count). The van der Waals surface area contributed by atoms with Crippen molar-refractivity contribution in [2.75, 3.05) is 11.9 Å². The Morgan fingerprint density at radius 3 is 2.53 bits per heavy atom. The standard InChI is InChI=1S/C10H17IN4/c1-7(2)3-9(12)6-15-10-13-4-8(11)5-14-10/h4-5,7,9H,3,6,12H2,1-2H3,(H,13,14,15). The Morgan fingerprint density at radius 2 is 2.00 bits per heavy atom. The van der Waals surface area contributed by atoms with Crippen LogP contribution in [0.15, 0.2) is 12.4 Å². The van der Waals surface area contributed by atoms with Gasteiger partial charge in [0, 0.05) is 28.6 Å². The van der Waals surface area contributed by atoms with Crippen molar-refractivity contribution in [3.05, 3.63) is 16.0 Å². The van der Waals surface area contributed by atoms with Gasteiger partial charge in [-0.3, -0.25) is 0 Å². The van der Waals surface area contributed by atoms with E-state index < -0.39 is 0 Å². The van der Waals surface area contributed by atoms with Crippen LogP contribution in [0.4, 0.5) is 5.95 Å². The van der Waals surface area contributed by atoms with E-state index in [0.29, 0.717) is 11.9 Å². The van der Waals surface area contributed by atoms with Crippen molar-refractivity contribution in [2.45, 2.75) is 26.3 Å². The van der Waals surface area contributed by atoms with Crippen LogP contribution in [0.1, 0.15) is 20.3 Å². The van der Waals surface area contributed by atoms with Gasteiger partial charge in [0.1, 0.15) is 0 Å². The highest BCUT2D eigenvalue weighted by Gasteiger charge is 2.05. The molecule has 3 N–H and O–H groups in total. The molecular weight excluding hydrogens is 303 g/mol. The smallest absolute Gasteiger partial charge is 0.222 e. The summed E-state index contributed by atoms with van der Waals surface area (Å²) < 4.78 is 1.03. The molecule has 0 aliphatic rings. The van der Waals surface area contributed by atoms with Gasteiger partial charge in [-0.05, 0) is 34.9 Å². The van der Waals surface area contributed by atoms with E-state index in [4.69, 9.17) is 5.73 Å². The van der Waals surface area contributed by atoms with Gasteiger partial charge in [-0.2, -0.15) is 0 Å². The Balaban J connectivity index is 2.33. The summed E-state index contributed by atoms with van der Waals surface area (Å²) in [6, 6.07) is 0.160. The maximum absolute atomic E-state index is 5.93. The number of halogens is 1. The van der Waals surface area contributed by atoms with Gasteiger partial charge >= 0.3 is 0 Å². The monoisotopic (exact) mass is 320 g/mol. The summed E-state index contributed by atoms with van der Waals surface area (Å²) in [5, 5.41) is 3.13. The van der Waals surface area contributed by atoms with Crippen LogP contribution in [-0.4, -0.2) is 22.6 Å². The molecule has 1 unspecified atom stereocenters. The largest absolute Gasteiger partial charge is 0.353 e. The fraction of sp³-hybridized carbons (Fsp3) is 0.600. The molecule has 84 valence electrons. The van der Waals surface area contributed by atoms with Crippen LogP contribution in [0.2, 0.25) is 0 Å². The number of hydrogen-bond acceptors (Lipinski definition) is 4. The number of hydrogen-bond donors (Lipinski definition) is 2. The minimum absolute atomic E-state index is 0.160. The Bertz CT molecular complexity index is 286. The molecule has 0 fully saturated rings. The molecule has 0 bridgehead atoms. The highest BCUT2D eigenvalue weighted by atomic mass is 127. The Labute approximate surface area is 104 Å². The van der Waals surface area contributed by atoms with Crippen molar-refractivity contribution < 1.29 is 0 Å². The number of rotatable bonds is 5. The van der Waals surface area contributed by atoms with Crippen LogP contribution in [0, 0.1) is 9.49 Å². The average Bonchev–Trinajstić information content (AvgIpc) is 2.16. The summed E-state index contributed by atoms with van der Waals surface area (Å²) >= 11 is 2.18. The first-order chi connectivity index (χ1) is 7.08. The molecule has 4 nitrogen and oxygen atoms in total. The molecule has 0 aliphatic carbocycles. The zero-order valence-electron chi connectivity index (χ0n) is 9.07. The lowest BCUT2D eigenvalue weighted by atomic mass is 10.0. The van der Waals surface area contributed by atoms with Gasteiger partial charge in [-0.1, -0.05) is 13.8 Å². The van der Waals surface area contributed by atoms with Gasteiger partial charge in [0.15, 0.2) is 0 Å². The van der Waals surface area contributed by atoms with Crippen molar-refractivity contribution in [3.63, 3.8) is 0 Å². The summed E-state index contributed by atoms with van der Waals surface area (Å²) in [6.45, 7) is 5.06. The van der Waals surface area contributed by atoms with Gasteiger partial charge in [0.05, 0.1) is 0 Å². The highest BCUT2D eigenvalue weighted by molar-refractivity contribution is 14.1. The quantitative estimate of drug-likeness (QED) is 0.813. The van der Waals surface area contributed by atoms with Gasteiger partial charge in [-0.15, -0.1) is 0 Å². The van der Waals surface area contributed by atoms with Crippen molar-refractivity contribution in [2.24, 2.45) is 11.7 Å². The number of aromatic nitrogens is 2. The molecular formula is C10H17IN4. The lowest BCUT2D eigenvalue weighted by Crippen LogP contribution is -2.30. The molecule has 0 saturated heterocycles. The lowest BCUT2D eigenvalue weighted by molar-refractivity contribution is 0.507. The normalized spacial score (nSPS) is 12.9. The summed E-state index contributed by atoms with van der Waals surface area (Å²) in [4.78, 5) is 8.29. The molecule has 0 aliphatic heterocycles. The van der Waals surface area contributed by atoms with E-state index in [1.165, 1.54) is 0 Å². The van der Waals surface area contributed by atoms with Crippen molar-refractivity contribution in [3.8, 4) is 0 Å². The number of nitrogens with two attached hydrogens (primary N) is 1. The summed E-state index contributed by atoms with van der Waals surface area (Å²) in [5.41, 5.74) is 5.93. The van der Waals surface area contributed by atoms with Crippen LogP contribution >= 0.6 is 22.6 Å². The van der Waals surface area contributed by atoms with Gasteiger partial charge < -0.3 is 11.1 Å². The number of nitrogens with zero attached hydrogens (tertiary/aromatic N) is 2. The van der Waals surface area contributed by atoms with Crippen molar-refractivity contribution >= 4 is 28.5 Å². The summed E-state index contributed by atoms with van der Waals surface area (Å²) in [6.07, 6.45) is 4.57. The second-order valence-corrected chi connectivity index (χ2v) is 5.24. The molecule has 0 amide bonds. The molecule has 5 heteroatoms. The number of nitrogens with one attached hydrogen (secondary N) is 1. The maximum atomic E-state index is 5.93. The summed E-state index contributed by atoms with van der Waals surface area (Å²) in [7, 11) is 0. The number of anilines is 1. The van der Waals surface area contributed by atoms with Gasteiger partial charge in [0.2, 0.25) is 5.95 Å². The van der Waals surface area contributed by atoms with E-state index in [1.54, 1.807) is 12.4 Å². The molecule has 1 aromatic heterocycles. The zero-order chi connectivity index (χ0) is 11.3. The molecule has 0 saturated carbocycles. The SMILES string of the molecule is CC(C)CC(N)CNc1ncc(I)cn1. The van der Waals surface area contributed by atoms with Crippen LogP contribution < -0.4 is 11.1 Å². The predicted octanol–water partition coefficient (Wildman–Crippen LogP) is 1.87. The second kappa shape index (κ2) is 6.22. The van der Waals surface area contributed by atoms with Crippen molar-refractivity contribution in [1.29, 1.82) is 0 Å². The van der Waals surface area contributed by atoms with Crippen LogP contribution in [0.5, 0.6) is 0 Å². The lowest BCUT2D eigenvalue weighted by Gasteiger charge is -2.14. The molecule has 15 heavy (non-hydrogen) atoms. The van der Waals surface area contributed by atoms with Crippen LogP contribution in [0.3, 0.4) is 0 Å². The first-order valence-electron chi connectivity index (χ1n) is 5.05. The third kappa shape index (κ3) is 5.27. The molecule has 0 spiro atoms. The van der Waals surface area contributed by atoms with E-state index in [-0.39, 0.29) is 6.04 Å². The Morgan fingerprint density at radius 1 is 1.40 bits per heavy atom. The fourth-order valence-electron chi connectivity index (χ4n) is 1.31.